The Bertz CT molecular complexity index is 614. The highest BCUT2D eigenvalue weighted by Gasteiger charge is 2.12. The fourth-order valence-corrected chi connectivity index (χ4v) is 2.84. The Morgan fingerprint density at radius 3 is 2.74 bits per heavy atom. The lowest BCUT2D eigenvalue weighted by Crippen LogP contribution is -2.07. The van der Waals surface area contributed by atoms with Crippen molar-refractivity contribution in [1.29, 1.82) is 0 Å². The molecule has 0 bridgehead atoms. The third-order valence-electron chi connectivity index (χ3n) is 2.09. The average molecular weight is 297 g/mol. The van der Waals surface area contributed by atoms with Gasteiger partial charge in [0.25, 0.3) is 0 Å². The summed E-state index contributed by atoms with van der Waals surface area (Å²) in [5, 5.41) is 18.1. The van der Waals surface area contributed by atoms with Gasteiger partial charge in [-0.2, -0.15) is 0 Å². The van der Waals surface area contributed by atoms with Gasteiger partial charge in [0.1, 0.15) is 5.03 Å². The highest BCUT2D eigenvalue weighted by molar-refractivity contribution is 8.01. The van der Waals surface area contributed by atoms with Crippen LogP contribution in [0.3, 0.4) is 0 Å². The first kappa shape index (κ1) is 13.6. The molecule has 2 aromatic heterocycles. The van der Waals surface area contributed by atoms with E-state index in [0.29, 0.717) is 15.1 Å². The van der Waals surface area contributed by atoms with Gasteiger partial charge in [0.05, 0.1) is 11.3 Å². The van der Waals surface area contributed by atoms with Crippen molar-refractivity contribution in [2.75, 3.05) is 24.7 Å². The van der Waals surface area contributed by atoms with Gasteiger partial charge in [-0.1, -0.05) is 11.3 Å². The number of nitrogens with two attached hydrogens (primary N) is 1. The Labute approximate surface area is 117 Å². The van der Waals surface area contributed by atoms with Crippen LogP contribution >= 0.6 is 23.1 Å². The second kappa shape index (κ2) is 5.41. The van der Waals surface area contributed by atoms with Crippen LogP contribution in [-0.2, 0) is 0 Å². The van der Waals surface area contributed by atoms with Crippen molar-refractivity contribution in [3.05, 3.63) is 17.8 Å². The molecular weight excluding hydrogens is 286 g/mol. The number of nitrogens with zero attached hydrogens (tertiary/aromatic N) is 4. The summed E-state index contributed by atoms with van der Waals surface area (Å²) >= 11 is 2.67. The molecule has 0 aromatic carbocycles. The summed E-state index contributed by atoms with van der Waals surface area (Å²) in [6, 6.07) is 1.38. The van der Waals surface area contributed by atoms with E-state index < -0.39 is 5.97 Å². The van der Waals surface area contributed by atoms with E-state index in [9.17, 15) is 4.79 Å². The molecule has 0 amide bonds. The van der Waals surface area contributed by atoms with Gasteiger partial charge in [0.15, 0.2) is 4.34 Å². The van der Waals surface area contributed by atoms with E-state index in [4.69, 9.17) is 10.8 Å². The quantitative estimate of drug-likeness (QED) is 0.873. The summed E-state index contributed by atoms with van der Waals surface area (Å²) in [6.07, 6.45) is 1.27. The molecule has 0 aliphatic carbocycles. The molecule has 0 aliphatic heterocycles. The van der Waals surface area contributed by atoms with Crippen molar-refractivity contribution < 1.29 is 9.90 Å². The van der Waals surface area contributed by atoms with Crippen molar-refractivity contribution in [2.45, 2.75) is 9.37 Å². The van der Waals surface area contributed by atoms with Crippen molar-refractivity contribution in [2.24, 2.45) is 0 Å². The number of carboxylic acid groups (broad SMARTS) is 1. The zero-order valence-electron chi connectivity index (χ0n) is 10.2. The summed E-state index contributed by atoms with van der Waals surface area (Å²) in [5.74, 6) is -1.05. The molecule has 0 spiro atoms. The molecule has 100 valence electrons. The van der Waals surface area contributed by atoms with E-state index in [1.54, 1.807) is 0 Å². The molecule has 9 heteroatoms. The van der Waals surface area contributed by atoms with Gasteiger partial charge in [-0.05, 0) is 17.8 Å². The number of rotatable bonds is 4. The maximum atomic E-state index is 10.8. The molecule has 19 heavy (non-hydrogen) atoms. The van der Waals surface area contributed by atoms with E-state index in [-0.39, 0.29) is 5.56 Å². The molecule has 0 fully saturated rings. The number of nitrogen functional groups attached to an aromatic ring is 1. The molecule has 0 unspecified atom stereocenters. The minimum absolute atomic E-state index is 0.0631. The molecule has 0 saturated carbocycles. The van der Waals surface area contributed by atoms with Crippen molar-refractivity contribution in [3.8, 4) is 0 Å². The van der Waals surface area contributed by atoms with Crippen LogP contribution in [0, 0.1) is 0 Å². The zero-order valence-corrected chi connectivity index (χ0v) is 11.8. The second-order valence-corrected chi connectivity index (χ2v) is 5.96. The normalized spacial score (nSPS) is 10.4. The minimum atomic E-state index is -1.05. The molecule has 2 rings (SSSR count). The number of hydrogen-bond donors (Lipinski definition) is 2. The summed E-state index contributed by atoms with van der Waals surface area (Å²) < 4.78 is 0.700. The molecule has 0 atom stereocenters. The lowest BCUT2D eigenvalue weighted by Gasteiger charge is -2.04. The lowest BCUT2D eigenvalue weighted by molar-refractivity contribution is 0.0696. The van der Waals surface area contributed by atoms with Crippen LogP contribution < -0.4 is 10.6 Å². The van der Waals surface area contributed by atoms with Crippen LogP contribution in [0.1, 0.15) is 10.4 Å². The van der Waals surface area contributed by atoms with Crippen molar-refractivity contribution in [3.63, 3.8) is 0 Å². The van der Waals surface area contributed by atoms with Crippen LogP contribution in [0.4, 0.5) is 10.8 Å². The number of aromatic carboxylic acids is 1. The molecule has 0 saturated heterocycles. The highest BCUT2D eigenvalue weighted by Crippen LogP contribution is 2.34. The summed E-state index contributed by atoms with van der Waals surface area (Å²) in [5.41, 5.74) is 6.15. The average Bonchev–Trinajstić information content (AvgIpc) is 2.80. The monoisotopic (exact) mass is 297 g/mol. The van der Waals surface area contributed by atoms with E-state index in [1.165, 1.54) is 35.4 Å². The van der Waals surface area contributed by atoms with Crippen molar-refractivity contribution >= 4 is 39.9 Å². The van der Waals surface area contributed by atoms with Crippen LogP contribution in [-0.4, -0.2) is 40.4 Å². The topological polar surface area (TPSA) is 105 Å². The lowest BCUT2D eigenvalue weighted by atomic mass is 10.3. The van der Waals surface area contributed by atoms with Crippen LogP contribution in [0.2, 0.25) is 0 Å². The van der Waals surface area contributed by atoms with Gasteiger partial charge in [0, 0.05) is 20.3 Å². The maximum absolute atomic E-state index is 10.8. The van der Waals surface area contributed by atoms with Crippen molar-refractivity contribution in [1.82, 2.24) is 15.2 Å². The van der Waals surface area contributed by atoms with E-state index in [0.717, 1.165) is 5.13 Å². The van der Waals surface area contributed by atoms with E-state index in [2.05, 4.69) is 15.2 Å². The third kappa shape index (κ3) is 3.12. The van der Waals surface area contributed by atoms with E-state index in [1.807, 2.05) is 19.0 Å². The molecular formula is C10H11N5O2S2. The fraction of sp³-hybridized carbons (Fsp3) is 0.200. The van der Waals surface area contributed by atoms with Gasteiger partial charge in [0.2, 0.25) is 5.13 Å². The summed E-state index contributed by atoms with van der Waals surface area (Å²) in [6.45, 7) is 0. The van der Waals surface area contributed by atoms with Gasteiger partial charge < -0.3 is 15.7 Å². The zero-order chi connectivity index (χ0) is 14.0. The largest absolute Gasteiger partial charge is 0.478 e. The number of pyridine rings is 1. The smallest absolute Gasteiger partial charge is 0.337 e. The van der Waals surface area contributed by atoms with Crippen LogP contribution in [0.15, 0.2) is 21.6 Å². The Hall–Kier alpha value is -1.87. The van der Waals surface area contributed by atoms with E-state index >= 15 is 0 Å². The number of aromatic nitrogens is 3. The molecule has 0 aliphatic rings. The number of anilines is 2. The highest BCUT2D eigenvalue weighted by atomic mass is 32.2. The van der Waals surface area contributed by atoms with Gasteiger partial charge in [-0.25, -0.2) is 9.78 Å². The Morgan fingerprint density at radius 1 is 1.47 bits per heavy atom. The Kier molecular flexibility index (Phi) is 3.86. The van der Waals surface area contributed by atoms with Gasteiger partial charge in [-0.3, -0.25) is 0 Å². The third-order valence-corrected chi connectivity index (χ3v) is 4.26. The molecule has 7 nitrogen and oxygen atoms in total. The number of carbonyl (C=O) groups is 1. The van der Waals surface area contributed by atoms with Crippen LogP contribution in [0.5, 0.6) is 0 Å². The molecule has 0 radical (unpaired) electrons. The predicted molar refractivity (Wildman–Crippen MR) is 74.0 cm³/mol. The number of hydrogen-bond acceptors (Lipinski definition) is 8. The van der Waals surface area contributed by atoms with Gasteiger partial charge in [-0.15, -0.1) is 10.2 Å². The number of carboxylic acids is 1. The van der Waals surface area contributed by atoms with Crippen LogP contribution in [0.25, 0.3) is 0 Å². The Morgan fingerprint density at radius 2 is 2.21 bits per heavy atom. The summed E-state index contributed by atoms with van der Waals surface area (Å²) in [7, 11) is 3.76. The van der Waals surface area contributed by atoms with Gasteiger partial charge >= 0.3 is 5.97 Å². The first-order valence-corrected chi connectivity index (χ1v) is 6.78. The Balaban J connectivity index is 2.20. The standard InChI is InChI=1S/C10H11N5O2S2/c1-15(2)9-13-14-10(19-9)18-7-6(11)3-5(4-12-7)8(16)17/h3-4H,11H2,1-2H3,(H,16,17). The molecule has 3 N–H and O–H groups in total. The molecule has 2 aromatic rings. The SMILES string of the molecule is CN(C)c1nnc(Sc2ncc(C(=O)O)cc2N)s1. The predicted octanol–water partition coefficient (Wildman–Crippen LogP) is 1.43. The fourth-order valence-electron chi connectivity index (χ4n) is 1.18. The minimum Gasteiger partial charge on any atom is -0.478 e. The molecule has 2 heterocycles. The maximum Gasteiger partial charge on any atom is 0.337 e. The summed E-state index contributed by atoms with van der Waals surface area (Å²) in [4.78, 5) is 16.7. The first-order valence-electron chi connectivity index (χ1n) is 5.15. The first-order chi connectivity index (χ1) is 8.97. The second-order valence-electron chi connectivity index (χ2n) is 3.77.